The molecule has 0 amide bonds. The molecule has 1 aromatic carbocycles. The number of nitrogens with one attached hydrogen (secondary N) is 1. The Morgan fingerprint density at radius 2 is 2.00 bits per heavy atom. The lowest BCUT2D eigenvalue weighted by atomic mass is 10.1. The summed E-state index contributed by atoms with van der Waals surface area (Å²) in [6, 6.07) is 6.05. The van der Waals surface area contributed by atoms with Crippen molar-refractivity contribution in [3.05, 3.63) is 23.8 Å². The first-order chi connectivity index (χ1) is 9.48. The smallest absolute Gasteiger partial charge is 0.124 e. The molecule has 0 aliphatic heterocycles. The van der Waals surface area contributed by atoms with E-state index in [2.05, 4.69) is 32.2 Å². The number of ether oxygens (including phenoxy) is 2. The minimum atomic E-state index is 0.0916. The largest absolute Gasteiger partial charge is 0.497 e. The monoisotopic (exact) mass is 277 g/mol. The van der Waals surface area contributed by atoms with Crippen molar-refractivity contribution in [3.63, 3.8) is 0 Å². The van der Waals surface area contributed by atoms with Gasteiger partial charge in [-0.2, -0.15) is 0 Å². The molecule has 0 atom stereocenters. The minimum Gasteiger partial charge on any atom is -0.497 e. The van der Waals surface area contributed by atoms with Gasteiger partial charge >= 0.3 is 0 Å². The molecule has 0 aromatic heterocycles. The van der Waals surface area contributed by atoms with E-state index in [1.165, 1.54) is 19.3 Å². The molecule has 1 aliphatic carbocycles. The van der Waals surface area contributed by atoms with Gasteiger partial charge in [0.25, 0.3) is 0 Å². The quantitative estimate of drug-likeness (QED) is 0.823. The van der Waals surface area contributed by atoms with E-state index < -0.39 is 0 Å². The van der Waals surface area contributed by atoms with Crippen LogP contribution in [0.2, 0.25) is 0 Å². The van der Waals surface area contributed by atoms with Crippen molar-refractivity contribution in [3.8, 4) is 11.5 Å². The molecule has 3 heteroatoms. The van der Waals surface area contributed by atoms with Gasteiger partial charge in [0, 0.05) is 17.6 Å². The Labute approximate surface area is 122 Å². The van der Waals surface area contributed by atoms with E-state index in [-0.39, 0.29) is 5.54 Å². The second-order valence-electron chi connectivity index (χ2n) is 6.66. The Bertz CT molecular complexity index is 433. The molecule has 0 radical (unpaired) electrons. The molecule has 1 aromatic rings. The van der Waals surface area contributed by atoms with Crippen molar-refractivity contribution in [2.45, 2.75) is 52.1 Å². The van der Waals surface area contributed by atoms with Gasteiger partial charge in [0.15, 0.2) is 0 Å². The van der Waals surface area contributed by atoms with Gasteiger partial charge in [-0.25, -0.2) is 0 Å². The van der Waals surface area contributed by atoms with Crippen molar-refractivity contribution in [2.24, 2.45) is 5.92 Å². The molecule has 0 spiro atoms. The van der Waals surface area contributed by atoms with Gasteiger partial charge in [-0.05, 0) is 51.3 Å². The molecule has 112 valence electrons. The number of methoxy groups -OCH3 is 1. The lowest BCUT2D eigenvalue weighted by molar-refractivity contribution is 0.296. The molecule has 0 saturated heterocycles. The first kappa shape index (κ1) is 15.2. The summed E-state index contributed by atoms with van der Waals surface area (Å²) >= 11 is 0. The van der Waals surface area contributed by atoms with E-state index in [0.29, 0.717) is 0 Å². The van der Waals surface area contributed by atoms with Crippen molar-refractivity contribution >= 4 is 0 Å². The Balaban J connectivity index is 1.99. The van der Waals surface area contributed by atoms with Crippen LogP contribution in [0.1, 0.15) is 45.6 Å². The van der Waals surface area contributed by atoms with Crippen LogP contribution in [0.4, 0.5) is 0 Å². The highest BCUT2D eigenvalue weighted by molar-refractivity contribution is 5.40. The standard InChI is InChI=1S/C17H27NO2/c1-17(2,3)18-12-14-11-15(19-4)7-8-16(14)20-10-9-13-5-6-13/h7-8,11,13,18H,5-6,9-10,12H2,1-4H3. The average Bonchev–Trinajstić information content (AvgIpc) is 3.20. The van der Waals surface area contributed by atoms with Crippen LogP contribution in [-0.4, -0.2) is 19.3 Å². The molecule has 3 nitrogen and oxygen atoms in total. The summed E-state index contributed by atoms with van der Waals surface area (Å²) in [7, 11) is 1.70. The predicted octanol–water partition coefficient (Wildman–Crippen LogP) is 3.76. The normalized spacial score (nSPS) is 15.2. The van der Waals surface area contributed by atoms with Gasteiger partial charge in [-0.1, -0.05) is 12.8 Å². The molecule has 1 N–H and O–H groups in total. The van der Waals surface area contributed by atoms with E-state index in [1.54, 1.807) is 7.11 Å². The fraction of sp³-hybridized carbons (Fsp3) is 0.647. The van der Waals surface area contributed by atoms with Crippen molar-refractivity contribution in [1.82, 2.24) is 5.32 Å². The van der Waals surface area contributed by atoms with Crippen molar-refractivity contribution in [2.75, 3.05) is 13.7 Å². The van der Waals surface area contributed by atoms with Crippen LogP contribution in [0.25, 0.3) is 0 Å². The highest BCUT2D eigenvalue weighted by atomic mass is 16.5. The molecular formula is C17H27NO2. The molecule has 2 rings (SSSR count). The van der Waals surface area contributed by atoms with Crippen LogP contribution in [0, 0.1) is 5.92 Å². The molecule has 0 heterocycles. The summed E-state index contributed by atoms with van der Waals surface area (Å²) in [5.74, 6) is 2.76. The molecular weight excluding hydrogens is 250 g/mol. The second kappa shape index (κ2) is 6.49. The molecule has 1 fully saturated rings. The lowest BCUT2D eigenvalue weighted by Gasteiger charge is -2.22. The molecule has 1 aliphatic rings. The maximum Gasteiger partial charge on any atom is 0.124 e. The van der Waals surface area contributed by atoms with Crippen LogP contribution in [-0.2, 0) is 6.54 Å². The van der Waals surface area contributed by atoms with E-state index in [0.717, 1.165) is 36.1 Å². The first-order valence-electron chi connectivity index (χ1n) is 7.53. The maximum absolute atomic E-state index is 5.96. The maximum atomic E-state index is 5.96. The zero-order valence-electron chi connectivity index (χ0n) is 13.2. The van der Waals surface area contributed by atoms with Crippen molar-refractivity contribution < 1.29 is 9.47 Å². The van der Waals surface area contributed by atoms with Crippen LogP contribution < -0.4 is 14.8 Å². The zero-order valence-corrected chi connectivity index (χ0v) is 13.2. The van der Waals surface area contributed by atoms with Gasteiger partial charge < -0.3 is 14.8 Å². The summed E-state index contributed by atoms with van der Waals surface area (Å²) in [5, 5.41) is 3.51. The molecule has 0 bridgehead atoms. The highest BCUT2D eigenvalue weighted by Gasteiger charge is 2.21. The van der Waals surface area contributed by atoms with E-state index in [9.17, 15) is 0 Å². The first-order valence-corrected chi connectivity index (χ1v) is 7.53. The van der Waals surface area contributed by atoms with E-state index in [1.807, 2.05) is 12.1 Å². The summed E-state index contributed by atoms with van der Waals surface area (Å²) in [5.41, 5.74) is 1.25. The van der Waals surface area contributed by atoms with Gasteiger partial charge in [-0.15, -0.1) is 0 Å². The third kappa shape index (κ3) is 5.04. The number of benzene rings is 1. The fourth-order valence-corrected chi connectivity index (χ4v) is 2.06. The number of hydrogen-bond donors (Lipinski definition) is 1. The molecule has 1 saturated carbocycles. The summed E-state index contributed by atoms with van der Waals surface area (Å²) in [6.07, 6.45) is 3.94. The Morgan fingerprint density at radius 1 is 1.25 bits per heavy atom. The average molecular weight is 277 g/mol. The van der Waals surface area contributed by atoms with E-state index >= 15 is 0 Å². The van der Waals surface area contributed by atoms with E-state index in [4.69, 9.17) is 9.47 Å². The van der Waals surface area contributed by atoms with Gasteiger partial charge in [0.1, 0.15) is 11.5 Å². The van der Waals surface area contributed by atoms with Crippen LogP contribution in [0.3, 0.4) is 0 Å². The van der Waals surface area contributed by atoms with Crippen LogP contribution in [0.5, 0.6) is 11.5 Å². The summed E-state index contributed by atoms with van der Waals surface area (Å²) in [4.78, 5) is 0. The minimum absolute atomic E-state index is 0.0916. The Morgan fingerprint density at radius 3 is 2.60 bits per heavy atom. The molecule has 0 unspecified atom stereocenters. The lowest BCUT2D eigenvalue weighted by Crippen LogP contribution is -2.35. The summed E-state index contributed by atoms with van der Waals surface area (Å²) < 4.78 is 11.3. The van der Waals surface area contributed by atoms with Gasteiger partial charge in [-0.3, -0.25) is 0 Å². The van der Waals surface area contributed by atoms with Crippen LogP contribution >= 0.6 is 0 Å². The SMILES string of the molecule is COc1ccc(OCCC2CC2)c(CNC(C)(C)C)c1. The Hall–Kier alpha value is -1.22. The van der Waals surface area contributed by atoms with Gasteiger partial charge in [0.05, 0.1) is 13.7 Å². The number of hydrogen-bond acceptors (Lipinski definition) is 3. The zero-order chi connectivity index (χ0) is 14.6. The third-order valence-corrected chi connectivity index (χ3v) is 3.56. The van der Waals surface area contributed by atoms with Crippen LogP contribution in [0.15, 0.2) is 18.2 Å². The molecule has 20 heavy (non-hydrogen) atoms. The Kier molecular flexibility index (Phi) is 4.92. The number of rotatable bonds is 7. The van der Waals surface area contributed by atoms with Crippen molar-refractivity contribution in [1.29, 1.82) is 0 Å². The predicted molar refractivity (Wildman–Crippen MR) is 82.4 cm³/mol. The second-order valence-corrected chi connectivity index (χ2v) is 6.66. The third-order valence-electron chi connectivity index (χ3n) is 3.56. The van der Waals surface area contributed by atoms with Gasteiger partial charge in [0.2, 0.25) is 0 Å². The summed E-state index contributed by atoms with van der Waals surface area (Å²) in [6.45, 7) is 8.11. The topological polar surface area (TPSA) is 30.5 Å². The fourth-order valence-electron chi connectivity index (χ4n) is 2.06. The highest BCUT2D eigenvalue weighted by Crippen LogP contribution is 2.33.